The fourth-order valence-corrected chi connectivity index (χ4v) is 14.8. The monoisotopic (exact) mass is 1490 g/mol. The average Bonchev–Trinajstić information content (AvgIpc) is 1.63. The third-order valence-electron chi connectivity index (χ3n) is 15.5. The van der Waals surface area contributed by atoms with Crippen LogP contribution >= 0.6 is 31.3 Å². The van der Waals surface area contributed by atoms with Gasteiger partial charge in [0.1, 0.15) is 121 Å². The molecule has 20 N–H and O–H groups in total. The standard InChI is InChI=1S/C46H60N16O33P4/c47-21-1-5-58(43(71)54-21)40-29(68)33(93-96(75,76)83-10-17-26(65)27(66)38(88-17)62-15-53-25-36(50)51-14-52-37(25)62)19(90-40)12-85-98(79,80)95-35-20(91-42(31(35)70)60-7-3-23(49)56-45(60)73)13-86-99(81,82)94-34-18(89-41(30(34)69)59-6-2-22(48)55-44(59)72)11-84-97(77,78)92-32-16(9-63)87-39(28(32)67)61-8-4-24(64)57-46(61)74/h1-8,14-20,26-35,38-42,63,65-70H,9-13H2,(H,75,76)(H,77,78)(H,79,80)(H,81,82)(H2,47,54,71)(H2,48,55,72)(H2,49,56,73)(H2,50,51,52)(H,57,64,74). The SMILES string of the molecule is Nc1ccn(C2OC(COP(=O)(O)OC3C(COP(=O)(O)OC4C(COP(=O)(O)OC5C(CO)OC(n6ccc(=O)[nH]c6=O)C5O)OC(n5ccc(N)nc5=O)C4O)OC(n4ccc(N)nc4=O)C3O)C(OP(=O)(O)OCC3OC(n4cnc5c(N)ncnc54)C(O)C3O)C2O)c(=O)n1. The molecular weight excluding hydrogens is 1430 g/mol. The summed E-state index contributed by atoms with van der Waals surface area (Å²) < 4.78 is 129. The highest BCUT2D eigenvalue weighted by atomic mass is 31.2. The number of aromatic amines is 1. The number of imidazole rings is 1. The quantitative estimate of drug-likeness (QED) is 0.0224. The molecule has 0 amide bonds. The second-order valence-electron chi connectivity index (χ2n) is 22.0. The van der Waals surface area contributed by atoms with Gasteiger partial charge in [0.25, 0.3) is 5.56 Å². The molecule has 5 aliphatic heterocycles. The lowest BCUT2D eigenvalue weighted by molar-refractivity contribution is -0.0662. The Morgan fingerprint density at radius 1 is 0.444 bits per heavy atom. The van der Waals surface area contributed by atoms with Crippen LogP contribution in [0.3, 0.4) is 0 Å². The van der Waals surface area contributed by atoms with Gasteiger partial charge in [0.15, 0.2) is 42.6 Å². The highest BCUT2D eigenvalue weighted by Crippen LogP contribution is 2.55. The van der Waals surface area contributed by atoms with E-state index in [9.17, 15) is 97.6 Å². The number of phosphoric ester groups is 4. The Bertz CT molecular complexity index is 4470. The molecule has 0 bridgehead atoms. The second kappa shape index (κ2) is 28.8. The molecule has 5 aliphatic rings. The fourth-order valence-electron chi connectivity index (χ4n) is 10.9. The van der Waals surface area contributed by atoms with Crippen molar-refractivity contribution in [2.24, 2.45) is 0 Å². The van der Waals surface area contributed by atoms with E-state index in [1.807, 2.05) is 4.98 Å². The van der Waals surface area contributed by atoms with Crippen LogP contribution in [0.2, 0.25) is 0 Å². The smallest absolute Gasteiger partial charge is 0.394 e. The number of H-pyrrole nitrogens is 1. The molecule has 53 heteroatoms. The van der Waals surface area contributed by atoms with Crippen LogP contribution in [-0.2, 0) is 78.1 Å². The summed E-state index contributed by atoms with van der Waals surface area (Å²) in [5, 5.41) is 77.8. The Hall–Kier alpha value is -6.97. The zero-order valence-electron chi connectivity index (χ0n) is 49.8. The molecular formula is C46H60N16O33P4. The van der Waals surface area contributed by atoms with E-state index in [1.54, 1.807) is 0 Å². The zero-order valence-corrected chi connectivity index (χ0v) is 53.4. The summed E-state index contributed by atoms with van der Waals surface area (Å²) >= 11 is 0. The molecule has 11 rings (SSSR count). The number of aliphatic hydroxyl groups excluding tert-OH is 7. The maximum absolute atomic E-state index is 14.1. The van der Waals surface area contributed by atoms with Gasteiger partial charge < -0.3 is 102 Å². The topological polar surface area (TPSA) is 718 Å². The van der Waals surface area contributed by atoms with E-state index in [2.05, 4.69) is 29.9 Å². The van der Waals surface area contributed by atoms with Crippen molar-refractivity contribution in [2.75, 3.05) is 56.0 Å². The van der Waals surface area contributed by atoms with E-state index in [-0.39, 0.29) is 34.4 Å². The normalized spacial score (nSPS) is 33.4. The number of anilines is 4. The molecule has 99 heavy (non-hydrogen) atoms. The van der Waals surface area contributed by atoms with Gasteiger partial charge in [-0.25, -0.2) is 52.4 Å². The van der Waals surface area contributed by atoms with Gasteiger partial charge in [-0.05, 0) is 18.2 Å². The molecule has 24 atom stereocenters. The van der Waals surface area contributed by atoms with E-state index in [0.717, 1.165) is 61.7 Å². The number of nitrogens with zero attached hydrogens (tertiary/aromatic N) is 11. The minimum atomic E-state index is -5.87. The van der Waals surface area contributed by atoms with Crippen LogP contribution in [0, 0.1) is 0 Å². The van der Waals surface area contributed by atoms with Gasteiger partial charge >= 0.3 is 54.0 Å². The van der Waals surface area contributed by atoms with E-state index in [4.69, 9.17) is 82.8 Å². The molecule has 5 fully saturated rings. The summed E-state index contributed by atoms with van der Waals surface area (Å²) in [5.74, 6) is -1.04. The van der Waals surface area contributed by atoms with Crippen LogP contribution in [0.25, 0.3) is 11.2 Å². The van der Waals surface area contributed by atoms with Gasteiger partial charge in [-0.15, -0.1) is 0 Å². The predicted molar refractivity (Wildman–Crippen MR) is 315 cm³/mol. The van der Waals surface area contributed by atoms with Crippen molar-refractivity contribution >= 4 is 65.7 Å². The minimum absolute atomic E-state index is 0.0437. The summed E-state index contributed by atoms with van der Waals surface area (Å²) in [7, 11) is -22.9. The van der Waals surface area contributed by atoms with Crippen molar-refractivity contribution in [3.05, 3.63) is 114 Å². The lowest BCUT2D eigenvalue weighted by Crippen LogP contribution is -2.39. The van der Waals surface area contributed by atoms with E-state index in [1.165, 1.54) is 4.57 Å². The van der Waals surface area contributed by atoms with Crippen molar-refractivity contribution in [3.63, 3.8) is 0 Å². The number of rotatable bonds is 26. The highest BCUT2D eigenvalue weighted by Gasteiger charge is 2.56. The third kappa shape index (κ3) is 15.8. The first-order valence-corrected chi connectivity index (χ1v) is 34.5. The number of aromatic nitrogens is 12. The number of nitrogens with two attached hydrogens (primary N) is 4. The number of fused-ring (bicyclic) bond motifs is 1. The fraction of sp³-hybridized carbons (Fsp3) is 0.543. The number of nitrogens with one attached hydrogen (secondary N) is 1. The summed E-state index contributed by atoms with van der Waals surface area (Å²) in [6, 6.07) is 4.03. The first-order valence-electron chi connectivity index (χ1n) is 28.5. The lowest BCUT2D eigenvalue weighted by Gasteiger charge is -2.27. The number of ether oxygens (including phenoxy) is 5. The number of phosphoric acid groups is 4. The molecule has 0 aliphatic carbocycles. The van der Waals surface area contributed by atoms with Crippen LogP contribution in [-0.4, -0.2) is 238 Å². The molecule has 5 saturated heterocycles. The number of hydrogen-bond donors (Lipinski definition) is 16. The van der Waals surface area contributed by atoms with Crippen molar-refractivity contribution in [2.45, 2.75) is 123 Å². The van der Waals surface area contributed by atoms with Gasteiger partial charge in [-0.3, -0.25) is 68.8 Å². The van der Waals surface area contributed by atoms with Gasteiger partial charge in [0.2, 0.25) is 0 Å². The first kappa shape index (κ1) is 73.3. The first-order chi connectivity index (χ1) is 46.6. The van der Waals surface area contributed by atoms with Crippen LogP contribution < -0.4 is 51.3 Å². The molecule has 0 spiro atoms. The van der Waals surface area contributed by atoms with Gasteiger partial charge in [-0.2, -0.15) is 15.0 Å². The largest absolute Gasteiger partial charge is 0.472 e. The molecule has 542 valence electrons. The number of hydrogen-bond acceptors (Lipinski definition) is 39. The Kier molecular flexibility index (Phi) is 21.3. The molecule has 49 nitrogen and oxygen atoms in total. The molecule has 24 unspecified atom stereocenters. The van der Waals surface area contributed by atoms with E-state index < -0.39 is 215 Å². The van der Waals surface area contributed by atoms with Gasteiger partial charge in [-0.1, -0.05) is 0 Å². The third-order valence-corrected chi connectivity index (χ3v) is 19.5. The summed E-state index contributed by atoms with van der Waals surface area (Å²) in [5.41, 5.74) is 17.3. The van der Waals surface area contributed by atoms with Crippen LogP contribution in [0.4, 0.5) is 23.3 Å². The summed E-state index contributed by atoms with van der Waals surface area (Å²) in [6.45, 7) is -6.10. The molecule has 0 saturated carbocycles. The molecule has 6 aromatic heterocycles. The van der Waals surface area contributed by atoms with Crippen LogP contribution in [0.15, 0.2) is 85.7 Å². The highest BCUT2D eigenvalue weighted by molar-refractivity contribution is 7.48. The van der Waals surface area contributed by atoms with Crippen LogP contribution in [0.5, 0.6) is 0 Å². The molecule has 11 heterocycles. The maximum atomic E-state index is 14.1. The zero-order chi connectivity index (χ0) is 71.5. The molecule has 0 aromatic carbocycles. The Labute approximate surface area is 548 Å². The van der Waals surface area contributed by atoms with E-state index in [0.29, 0.717) is 18.3 Å². The van der Waals surface area contributed by atoms with Crippen molar-refractivity contribution < 1.29 is 133 Å². The number of aliphatic hydroxyl groups is 7. The number of nitrogen functional groups attached to an aromatic ring is 4. The average molecular weight is 1490 g/mol. The lowest BCUT2D eigenvalue weighted by atomic mass is 10.1. The van der Waals surface area contributed by atoms with Crippen molar-refractivity contribution in [1.82, 2.24) is 57.7 Å². The predicted octanol–water partition coefficient (Wildman–Crippen LogP) is -7.87. The Morgan fingerprint density at radius 3 is 1.17 bits per heavy atom. The molecule has 0 radical (unpaired) electrons. The van der Waals surface area contributed by atoms with Crippen molar-refractivity contribution in [3.8, 4) is 0 Å². The van der Waals surface area contributed by atoms with E-state index >= 15 is 0 Å². The minimum Gasteiger partial charge on any atom is -0.394 e. The van der Waals surface area contributed by atoms with Gasteiger partial charge in [0, 0.05) is 30.9 Å². The second-order valence-corrected chi connectivity index (χ2v) is 27.6. The van der Waals surface area contributed by atoms with Gasteiger partial charge in [0.05, 0.1) is 39.4 Å². The van der Waals surface area contributed by atoms with Crippen molar-refractivity contribution in [1.29, 1.82) is 0 Å². The summed E-state index contributed by atoms with van der Waals surface area (Å²) in [4.78, 5) is 132. The van der Waals surface area contributed by atoms with Crippen LogP contribution in [0.1, 0.15) is 31.1 Å². The molecule has 6 aromatic rings. The Balaban J connectivity index is 0.792. The maximum Gasteiger partial charge on any atom is 0.472 e. The summed E-state index contributed by atoms with van der Waals surface area (Å²) in [6.07, 6.45) is -34.0. The Morgan fingerprint density at radius 2 is 0.788 bits per heavy atom.